The van der Waals surface area contributed by atoms with Crippen LogP contribution in [0.1, 0.15) is 89.5 Å². The van der Waals surface area contributed by atoms with Gasteiger partial charge in [-0.05, 0) is 77.4 Å². The molecule has 1 radical (unpaired) electrons. The second kappa shape index (κ2) is 17.6. The molecular weight excluding hydrogens is 852 g/mol. The van der Waals surface area contributed by atoms with Gasteiger partial charge >= 0.3 is 6.18 Å². The van der Waals surface area contributed by atoms with E-state index in [1.54, 1.807) is 23.5 Å². The predicted molar refractivity (Wildman–Crippen MR) is 201 cm³/mol. The third-order valence-electron chi connectivity index (χ3n) is 8.76. The van der Waals surface area contributed by atoms with E-state index in [0.717, 1.165) is 69.6 Å². The van der Waals surface area contributed by atoms with Crippen molar-refractivity contribution in [3.8, 4) is 21.7 Å². The maximum absolute atomic E-state index is 14.0. The Kier molecular flexibility index (Phi) is 14.6. The number of carbonyl (C=O) groups is 1. The zero-order valence-electron chi connectivity index (χ0n) is 30.1. The summed E-state index contributed by atoms with van der Waals surface area (Å²) < 4.78 is 42.9. The molecule has 5 aromatic rings. The number of aromatic nitrogens is 1. The minimum Gasteiger partial charge on any atom is -0.512 e. The number of fused-ring (bicyclic) bond motifs is 3. The Bertz CT molecular complexity index is 1930. The number of halogens is 3. The van der Waals surface area contributed by atoms with Gasteiger partial charge < -0.3 is 10.1 Å². The van der Waals surface area contributed by atoms with Gasteiger partial charge in [-0.15, -0.1) is 23.0 Å². The summed E-state index contributed by atoms with van der Waals surface area (Å²) >= 11 is 3.05. The van der Waals surface area contributed by atoms with Crippen molar-refractivity contribution in [2.24, 2.45) is 17.3 Å². The van der Waals surface area contributed by atoms with E-state index in [2.05, 4.69) is 37.9 Å². The quantitative estimate of drug-likeness (QED) is 0.0863. The molecule has 0 aliphatic rings. The zero-order valence-corrected chi connectivity index (χ0v) is 34.1. The predicted octanol–water partition coefficient (Wildman–Crippen LogP) is 13.4. The van der Waals surface area contributed by atoms with Gasteiger partial charge in [-0.2, -0.15) is 24.5 Å². The fourth-order valence-electron chi connectivity index (χ4n) is 6.07. The normalized spacial score (nSPS) is 12.4. The van der Waals surface area contributed by atoms with Crippen LogP contribution in [0.15, 0.2) is 66.6 Å². The van der Waals surface area contributed by atoms with E-state index in [1.807, 2.05) is 65.0 Å². The Balaban J connectivity index is 0.000000361. The summed E-state index contributed by atoms with van der Waals surface area (Å²) in [7, 11) is 0. The fourth-order valence-corrected chi connectivity index (χ4v) is 8.34. The van der Waals surface area contributed by atoms with E-state index < -0.39 is 11.7 Å². The van der Waals surface area contributed by atoms with Crippen molar-refractivity contribution in [2.75, 3.05) is 0 Å². The Labute approximate surface area is 316 Å². The molecule has 0 saturated heterocycles. The monoisotopic (exact) mass is 899 g/mol. The topological polar surface area (TPSA) is 50.2 Å². The van der Waals surface area contributed by atoms with Crippen LogP contribution in [0.5, 0.6) is 0 Å². The second-order valence-electron chi connectivity index (χ2n) is 13.8. The maximum Gasteiger partial charge on any atom is 0.418 e. The molecule has 0 aliphatic heterocycles. The van der Waals surface area contributed by atoms with Crippen molar-refractivity contribution in [3.05, 3.63) is 87.9 Å². The largest absolute Gasteiger partial charge is 0.512 e. The van der Waals surface area contributed by atoms with Gasteiger partial charge in [-0.3, -0.25) is 4.79 Å². The number of aliphatic hydroxyl groups is 1. The number of pyridine rings is 1. The van der Waals surface area contributed by atoms with Gasteiger partial charge in [0, 0.05) is 54.0 Å². The number of aryl methyl sites for hydroxylation is 1. The molecular formula is C41H47F3IrNO2S2-. The van der Waals surface area contributed by atoms with Gasteiger partial charge in [0.15, 0.2) is 5.78 Å². The summed E-state index contributed by atoms with van der Waals surface area (Å²) in [5.41, 5.74) is 0.741. The summed E-state index contributed by atoms with van der Waals surface area (Å²) in [6, 6.07) is 18.9. The minimum absolute atomic E-state index is 0. The molecule has 3 heterocycles. The van der Waals surface area contributed by atoms with Crippen LogP contribution in [-0.2, 0) is 37.5 Å². The summed E-state index contributed by atoms with van der Waals surface area (Å²) in [4.78, 5) is 18.8. The van der Waals surface area contributed by atoms with Gasteiger partial charge in [0.2, 0.25) is 0 Å². The van der Waals surface area contributed by atoms with Crippen LogP contribution < -0.4 is 0 Å². The maximum atomic E-state index is 14.0. The Morgan fingerprint density at radius 1 is 0.900 bits per heavy atom. The van der Waals surface area contributed by atoms with E-state index in [4.69, 9.17) is 0 Å². The van der Waals surface area contributed by atoms with E-state index in [0.29, 0.717) is 10.6 Å². The molecule has 271 valence electrons. The molecule has 50 heavy (non-hydrogen) atoms. The van der Waals surface area contributed by atoms with Crippen LogP contribution in [-0.4, -0.2) is 15.9 Å². The molecule has 0 spiro atoms. The first-order valence-electron chi connectivity index (χ1n) is 17.0. The number of carbonyl (C=O) groups excluding carboxylic acids is 1. The number of benzene rings is 2. The van der Waals surface area contributed by atoms with Gasteiger partial charge in [-0.1, -0.05) is 101 Å². The molecule has 0 atom stereocenters. The third-order valence-corrected chi connectivity index (χ3v) is 10.8. The van der Waals surface area contributed by atoms with Crippen LogP contribution in [0, 0.1) is 30.2 Å². The first kappa shape index (κ1) is 41.6. The minimum atomic E-state index is -4.49. The molecule has 0 amide bonds. The molecule has 0 bridgehead atoms. The number of hydrogen-bond acceptors (Lipinski definition) is 5. The standard InChI is InChI=1S/C28H23F3NS2.C13H24O2.Ir/c1-16-11-21-19-8-6-5-7-18(19)20(13-26(21)33-16)24-12-22(23(15-32-24)28(29,30)31)25-10-9-17(34-25)14-27(2,3)4;1-5-10(6-2)12(14)9-13(15)11(7-3)8-4;/h5-12,15H,14H2,1-4H3;9-11,14H,5-8H2,1-4H3;/q-1;;/b;12-9-;. The summed E-state index contributed by atoms with van der Waals surface area (Å²) in [6.07, 6.45) is 2.20. The first-order chi connectivity index (χ1) is 23.1. The summed E-state index contributed by atoms with van der Waals surface area (Å²) in [5.74, 6) is 0.547. The molecule has 3 nitrogen and oxygen atoms in total. The number of allylic oxidation sites excluding steroid dienone is 2. The Morgan fingerprint density at radius 3 is 2.10 bits per heavy atom. The number of nitrogens with zero attached hydrogens (tertiary/aromatic N) is 1. The van der Waals surface area contributed by atoms with Crippen molar-refractivity contribution in [1.82, 2.24) is 4.98 Å². The molecule has 0 aliphatic carbocycles. The van der Waals surface area contributed by atoms with Crippen molar-refractivity contribution in [1.29, 1.82) is 0 Å². The molecule has 0 unspecified atom stereocenters. The second-order valence-corrected chi connectivity index (χ2v) is 16.2. The van der Waals surface area contributed by atoms with Crippen LogP contribution in [0.4, 0.5) is 13.2 Å². The molecule has 9 heteroatoms. The number of rotatable bonds is 10. The van der Waals surface area contributed by atoms with Gasteiger partial charge in [0.1, 0.15) is 0 Å². The number of thiophene rings is 2. The van der Waals surface area contributed by atoms with E-state index >= 15 is 0 Å². The average molecular weight is 899 g/mol. The molecule has 5 rings (SSSR count). The molecule has 0 saturated carbocycles. The fraction of sp³-hybridized carbons (Fsp3) is 0.415. The third kappa shape index (κ3) is 10.1. The zero-order chi connectivity index (χ0) is 36.1. The summed E-state index contributed by atoms with van der Waals surface area (Å²) in [6.45, 7) is 16.5. The van der Waals surface area contributed by atoms with Gasteiger partial charge in [0.05, 0.1) is 11.3 Å². The van der Waals surface area contributed by atoms with Crippen LogP contribution in [0.3, 0.4) is 0 Å². The number of aliphatic hydroxyl groups excluding tert-OH is 1. The van der Waals surface area contributed by atoms with Crippen molar-refractivity contribution in [3.63, 3.8) is 0 Å². The first-order valence-corrected chi connectivity index (χ1v) is 18.7. The van der Waals surface area contributed by atoms with Crippen LogP contribution in [0.2, 0.25) is 0 Å². The molecule has 0 fully saturated rings. The molecule has 2 aromatic carbocycles. The van der Waals surface area contributed by atoms with Gasteiger partial charge in [0.25, 0.3) is 0 Å². The number of ketones is 1. The van der Waals surface area contributed by atoms with Gasteiger partial charge in [-0.25, -0.2) is 0 Å². The smallest absolute Gasteiger partial charge is 0.418 e. The number of hydrogen-bond donors (Lipinski definition) is 1. The summed E-state index contributed by atoms with van der Waals surface area (Å²) in [5, 5.41) is 12.9. The SMILES string of the molecule is CCC(CC)C(=O)/C=C(\O)C(CC)CC.Cc1cc2c([c-]c(-c3cc(-c4ccc(CC(C)(C)C)s4)c(C(F)(F)F)cn3)c3ccccc32)s1.[Ir]. The van der Waals surface area contributed by atoms with Crippen LogP contribution in [0.25, 0.3) is 42.6 Å². The van der Waals surface area contributed by atoms with Crippen molar-refractivity contribution >= 4 is 49.3 Å². The molecule has 1 N–H and O–H groups in total. The van der Waals surface area contributed by atoms with E-state index in [-0.39, 0.29) is 54.5 Å². The average Bonchev–Trinajstić information content (AvgIpc) is 3.66. The van der Waals surface area contributed by atoms with Crippen molar-refractivity contribution in [2.45, 2.75) is 93.7 Å². The Hall–Kier alpha value is -2.84. The molecule has 3 aromatic heterocycles. The van der Waals surface area contributed by atoms with E-state index in [1.165, 1.54) is 22.3 Å². The number of alkyl halides is 3. The van der Waals surface area contributed by atoms with E-state index in [9.17, 15) is 23.1 Å². The van der Waals surface area contributed by atoms with Crippen LogP contribution >= 0.6 is 22.7 Å². The Morgan fingerprint density at radius 2 is 1.52 bits per heavy atom. The van der Waals surface area contributed by atoms with Crippen molar-refractivity contribution < 1.29 is 43.2 Å².